The van der Waals surface area contributed by atoms with Gasteiger partial charge in [0.25, 0.3) is 5.91 Å². The molecule has 1 unspecified atom stereocenters. The van der Waals surface area contributed by atoms with Crippen molar-refractivity contribution in [2.45, 2.75) is 69.3 Å². The molecule has 1 aromatic rings. The number of nitrogens with one attached hydrogen (secondary N) is 1. The van der Waals surface area contributed by atoms with Gasteiger partial charge in [0.05, 0.1) is 4.90 Å². The lowest BCUT2D eigenvalue weighted by Crippen LogP contribution is -2.30. The molecule has 1 heterocycles. The monoisotopic (exact) mass is 422 g/mol. The summed E-state index contributed by atoms with van der Waals surface area (Å²) in [5.41, 5.74) is 0.462. The van der Waals surface area contributed by atoms with E-state index in [-0.39, 0.29) is 10.9 Å². The van der Waals surface area contributed by atoms with Crippen molar-refractivity contribution in [3.05, 3.63) is 24.3 Å². The molecule has 7 nitrogen and oxygen atoms in total. The molecule has 1 aromatic carbocycles. The van der Waals surface area contributed by atoms with Gasteiger partial charge in [-0.05, 0) is 56.4 Å². The van der Waals surface area contributed by atoms with Crippen molar-refractivity contribution in [2.24, 2.45) is 5.92 Å². The number of hydrogen-bond acceptors (Lipinski definition) is 5. The zero-order valence-corrected chi connectivity index (χ0v) is 17.7. The molecule has 0 aromatic heterocycles. The molecule has 1 aliphatic heterocycles. The zero-order chi connectivity index (χ0) is 20.9. The number of carbonyl (C=O) groups excluding carboxylic acids is 2. The molecule has 0 radical (unpaired) electrons. The van der Waals surface area contributed by atoms with Gasteiger partial charge in [0.1, 0.15) is 0 Å². The maximum absolute atomic E-state index is 12.5. The molecule has 0 spiro atoms. The first-order valence-corrected chi connectivity index (χ1v) is 11.9. The molecule has 1 N–H and O–H groups in total. The lowest BCUT2D eigenvalue weighted by Gasteiger charge is -2.16. The van der Waals surface area contributed by atoms with Crippen molar-refractivity contribution in [1.82, 2.24) is 4.31 Å². The van der Waals surface area contributed by atoms with Crippen molar-refractivity contribution in [3.8, 4) is 0 Å². The highest BCUT2D eigenvalue weighted by molar-refractivity contribution is 7.89. The Morgan fingerprint density at radius 1 is 1.10 bits per heavy atom. The van der Waals surface area contributed by atoms with E-state index in [9.17, 15) is 18.0 Å². The van der Waals surface area contributed by atoms with Gasteiger partial charge < -0.3 is 10.1 Å². The van der Waals surface area contributed by atoms with Crippen molar-refractivity contribution >= 4 is 27.6 Å². The van der Waals surface area contributed by atoms with Crippen LogP contribution in [0.25, 0.3) is 0 Å². The molecule has 1 atom stereocenters. The van der Waals surface area contributed by atoms with Gasteiger partial charge >= 0.3 is 5.97 Å². The summed E-state index contributed by atoms with van der Waals surface area (Å²) in [6, 6.07) is 6.08. The number of carbonyl (C=O) groups is 2. The number of nitrogens with zero attached hydrogens (tertiary/aromatic N) is 1. The number of ether oxygens (including phenoxy) is 1. The topological polar surface area (TPSA) is 92.8 Å². The molecule has 8 heteroatoms. The van der Waals surface area contributed by atoms with Crippen molar-refractivity contribution < 1.29 is 22.7 Å². The number of sulfonamides is 1. The van der Waals surface area contributed by atoms with Gasteiger partial charge in [0.15, 0.2) is 6.10 Å². The van der Waals surface area contributed by atoms with Crippen LogP contribution >= 0.6 is 0 Å². The number of amides is 1. The highest BCUT2D eigenvalue weighted by atomic mass is 32.2. The number of rotatable bonds is 8. The van der Waals surface area contributed by atoms with Crippen LogP contribution in [0, 0.1) is 5.92 Å². The van der Waals surface area contributed by atoms with Crippen LogP contribution in [0.5, 0.6) is 0 Å². The summed E-state index contributed by atoms with van der Waals surface area (Å²) in [4.78, 5) is 24.5. The van der Waals surface area contributed by atoms with E-state index in [4.69, 9.17) is 4.74 Å². The van der Waals surface area contributed by atoms with E-state index >= 15 is 0 Å². The Hall–Kier alpha value is -1.93. The first-order valence-electron chi connectivity index (χ1n) is 10.5. The fourth-order valence-electron chi connectivity index (χ4n) is 3.96. The van der Waals surface area contributed by atoms with Crippen LogP contribution in [0.4, 0.5) is 5.69 Å². The van der Waals surface area contributed by atoms with Crippen LogP contribution in [0.1, 0.15) is 58.3 Å². The van der Waals surface area contributed by atoms with E-state index < -0.39 is 22.0 Å². The van der Waals surface area contributed by atoms with Crippen LogP contribution in [0.2, 0.25) is 0 Å². The van der Waals surface area contributed by atoms with Crippen LogP contribution < -0.4 is 5.32 Å². The smallest absolute Gasteiger partial charge is 0.306 e. The molecule has 1 aliphatic carbocycles. The Bertz CT molecular complexity index is 810. The SMILES string of the molecule is CC(OC(=O)CCC1CCCC1)C(=O)Nc1ccc(S(=O)(=O)N2CCCC2)cc1. The molecular weight excluding hydrogens is 392 g/mol. The molecule has 0 bridgehead atoms. The predicted molar refractivity (Wildman–Crippen MR) is 110 cm³/mol. The molecule has 2 aliphatic rings. The van der Waals surface area contributed by atoms with Crippen molar-refractivity contribution in [1.29, 1.82) is 0 Å². The van der Waals surface area contributed by atoms with Gasteiger partial charge in [-0.2, -0.15) is 4.31 Å². The van der Waals surface area contributed by atoms with Gasteiger partial charge in [0, 0.05) is 25.2 Å². The molecule has 1 amide bonds. The number of benzene rings is 1. The minimum absolute atomic E-state index is 0.212. The van der Waals surface area contributed by atoms with E-state index in [1.165, 1.54) is 49.0 Å². The van der Waals surface area contributed by atoms with Gasteiger partial charge in [-0.1, -0.05) is 25.7 Å². The third kappa shape index (κ3) is 5.79. The average molecular weight is 423 g/mol. The Labute approximate surface area is 172 Å². The largest absolute Gasteiger partial charge is 0.453 e. The predicted octanol–water partition coefficient (Wildman–Crippen LogP) is 3.31. The highest BCUT2D eigenvalue weighted by Crippen LogP contribution is 2.28. The third-order valence-electron chi connectivity index (χ3n) is 5.73. The lowest BCUT2D eigenvalue weighted by atomic mass is 10.0. The second kappa shape index (κ2) is 9.71. The Morgan fingerprint density at radius 3 is 2.34 bits per heavy atom. The number of esters is 1. The fourth-order valence-corrected chi connectivity index (χ4v) is 5.48. The van der Waals surface area contributed by atoms with Gasteiger partial charge in [-0.15, -0.1) is 0 Å². The summed E-state index contributed by atoms with van der Waals surface area (Å²) < 4.78 is 31.8. The molecule has 2 fully saturated rings. The second-order valence-corrected chi connectivity index (χ2v) is 9.88. The number of anilines is 1. The van der Waals surface area contributed by atoms with Gasteiger partial charge in [-0.25, -0.2) is 8.42 Å². The molecule has 160 valence electrons. The Balaban J connectivity index is 1.48. The summed E-state index contributed by atoms with van der Waals surface area (Å²) in [6.45, 7) is 2.63. The first kappa shape index (κ1) is 21.8. The molecular formula is C21H30N2O5S. The molecule has 1 saturated carbocycles. The van der Waals surface area contributed by atoms with Crippen LogP contribution in [0.15, 0.2) is 29.2 Å². The van der Waals surface area contributed by atoms with Crippen LogP contribution in [-0.2, 0) is 24.3 Å². The lowest BCUT2D eigenvalue weighted by molar-refractivity contribution is -0.153. The fraction of sp³-hybridized carbons (Fsp3) is 0.619. The summed E-state index contributed by atoms with van der Waals surface area (Å²) in [7, 11) is -3.48. The molecule has 29 heavy (non-hydrogen) atoms. The summed E-state index contributed by atoms with van der Waals surface area (Å²) in [5, 5.41) is 2.67. The third-order valence-corrected chi connectivity index (χ3v) is 7.65. The van der Waals surface area contributed by atoms with Crippen molar-refractivity contribution in [3.63, 3.8) is 0 Å². The minimum Gasteiger partial charge on any atom is -0.453 e. The molecule has 1 saturated heterocycles. The average Bonchev–Trinajstić information content (AvgIpc) is 3.41. The van der Waals surface area contributed by atoms with E-state index in [1.807, 2.05) is 0 Å². The summed E-state index contributed by atoms with van der Waals surface area (Å²) >= 11 is 0. The van der Waals surface area contributed by atoms with Crippen LogP contribution in [0.3, 0.4) is 0 Å². The minimum atomic E-state index is -3.48. The Kier molecular flexibility index (Phi) is 7.29. The normalized spacial score (nSPS) is 19.2. The van der Waals surface area contributed by atoms with Gasteiger partial charge in [-0.3, -0.25) is 9.59 Å². The standard InChI is InChI=1S/C21H30N2O5S/c1-16(28-20(24)13-8-17-6-2-3-7-17)21(25)22-18-9-11-19(12-10-18)29(26,27)23-14-4-5-15-23/h9-12,16-17H,2-8,13-15H2,1H3,(H,22,25). The van der Waals surface area contributed by atoms with E-state index in [2.05, 4.69) is 5.32 Å². The zero-order valence-electron chi connectivity index (χ0n) is 16.9. The second-order valence-electron chi connectivity index (χ2n) is 7.95. The van der Waals surface area contributed by atoms with E-state index in [0.717, 1.165) is 19.3 Å². The first-order chi connectivity index (χ1) is 13.9. The van der Waals surface area contributed by atoms with E-state index in [0.29, 0.717) is 31.1 Å². The maximum Gasteiger partial charge on any atom is 0.306 e. The number of hydrogen-bond donors (Lipinski definition) is 1. The molecule has 3 rings (SSSR count). The van der Waals surface area contributed by atoms with E-state index in [1.54, 1.807) is 12.1 Å². The van der Waals surface area contributed by atoms with Crippen molar-refractivity contribution in [2.75, 3.05) is 18.4 Å². The quantitative estimate of drug-likeness (QED) is 0.649. The maximum atomic E-state index is 12.5. The van der Waals surface area contributed by atoms with Crippen LogP contribution in [-0.4, -0.2) is 43.8 Å². The summed E-state index contributed by atoms with van der Waals surface area (Å²) in [5.74, 6) is -0.192. The highest BCUT2D eigenvalue weighted by Gasteiger charge is 2.27. The Morgan fingerprint density at radius 2 is 1.72 bits per heavy atom. The van der Waals surface area contributed by atoms with Gasteiger partial charge in [0.2, 0.25) is 10.0 Å². The summed E-state index contributed by atoms with van der Waals surface area (Å²) in [6.07, 6.45) is 6.83.